The molecule has 30 heavy (non-hydrogen) atoms. The number of carbonyl (C=O) groups is 1. The Bertz CT molecular complexity index is 1230. The Labute approximate surface area is 168 Å². The third-order valence-electron chi connectivity index (χ3n) is 4.41. The van der Waals surface area contributed by atoms with E-state index in [1.54, 1.807) is 31.2 Å². The molecule has 0 aliphatic rings. The smallest absolute Gasteiger partial charge is 0.433 e. The fraction of sp³-hybridized carbons (Fsp3) is 0.150. The summed E-state index contributed by atoms with van der Waals surface area (Å²) < 4.78 is 51.6. The van der Waals surface area contributed by atoms with Crippen LogP contribution in [0, 0.1) is 6.92 Å². The largest absolute Gasteiger partial charge is 0.497 e. The predicted octanol–water partition coefficient (Wildman–Crippen LogP) is 4.58. The normalized spacial score (nSPS) is 11.6. The number of ether oxygens (including phenoxy) is 1. The maximum absolute atomic E-state index is 13.6. The fourth-order valence-electron chi connectivity index (χ4n) is 2.93. The third-order valence-corrected chi connectivity index (χ3v) is 4.41. The number of fused-ring (bicyclic) bond motifs is 1. The lowest BCUT2D eigenvalue weighted by Gasteiger charge is -2.10. The summed E-state index contributed by atoms with van der Waals surface area (Å²) >= 11 is 0. The van der Waals surface area contributed by atoms with Crippen molar-refractivity contribution < 1.29 is 27.1 Å². The van der Waals surface area contributed by atoms with Crippen LogP contribution < -0.4 is 10.1 Å². The van der Waals surface area contributed by atoms with Crippen LogP contribution in [0.15, 0.2) is 53.1 Å². The summed E-state index contributed by atoms with van der Waals surface area (Å²) in [7, 11) is 1.52. The second kappa shape index (κ2) is 7.21. The number of halogens is 3. The standard InChI is InChI=1S/C20H15F3N4O3/c1-11-8-12(29-2)5-6-13(11)25-19(28)15-10-18-24-14(16-4-3-7-30-16)9-17(20(21,22)23)27(18)26-15/h3-10H,1-2H3,(H,25,28). The van der Waals surface area contributed by atoms with Gasteiger partial charge >= 0.3 is 6.18 Å². The van der Waals surface area contributed by atoms with E-state index in [0.29, 0.717) is 16.0 Å². The number of rotatable bonds is 4. The molecule has 0 aliphatic carbocycles. The van der Waals surface area contributed by atoms with Gasteiger partial charge in [0.2, 0.25) is 0 Å². The number of carbonyl (C=O) groups excluding carboxylic acids is 1. The van der Waals surface area contributed by atoms with Gasteiger partial charge in [0.15, 0.2) is 22.8 Å². The quantitative estimate of drug-likeness (QED) is 0.527. The SMILES string of the molecule is COc1ccc(NC(=O)c2cc3nc(-c4ccco4)cc(C(F)(F)F)n3n2)c(C)c1. The molecule has 0 fully saturated rings. The van der Waals surface area contributed by atoms with Crippen LogP contribution in [-0.2, 0) is 6.18 Å². The maximum atomic E-state index is 13.6. The Morgan fingerprint density at radius 1 is 1.20 bits per heavy atom. The van der Waals surface area contributed by atoms with Gasteiger partial charge in [0.1, 0.15) is 11.4 Å². The van der Waals surface area contributed by atoms with Crippen molar-refractivity contribution in [2.45, 2.75) is 13.1 Å². The van der Waals surface area contributed by atoms with Gasteiger partial charge in [-0.1, -0.05) is 0 Å². The van der Waals surface area contributed by atoms with E-state index >= 15 is 0 Å². The molecule has 0 spiro atoms. The Hall–Kier alpha value is -3.82. The van der Waals surface area contributed by atoms with Gasteiger partial charge in [-0.05, 0) is 48.9 Å². The lowest BCUT2D eigenvalue weighted by molar-refractivity contribution is -0.142. The highest BCUT2D eigenvalue weighted by atomic mass is 19.4. The lowest BCUT2D eigenvalue weighted by Crippen LogP contribution is -2.16. The number of nitrogens with one attached hydrogen (secondary N) is 1. The summed E-state index contributed by atoms with van der Waals surface area (Å²) in [4.78, 5) is 16.8. The van der Waals surface area contributed by atoms with E-state index in [9.17, 15) is 18.0 Å². The molecular formula is C20H15F3N4O3. The first kappa shape index (κ1) is 19.5. The maximum Gasteiger partial charge on any atom is 0.433 e. The summed E-state index contributed by atoms with van der Waals surface area (Å²) in [5, 5.41) is 6.47. The molecule has 1 amide bonds. The van der Waals surface area contributed by atoms with Crippen molar-refractivity contribution in [1.82, 2.24) is 14.6 Å². The predicted molar refractivity (Wildman–Crippen MR) is 101 cm³/mol. The molecule has 3 aromatic heterocycles. The van der Waals surface area contributed by atoms with Crippen molar-refractivity contribution >= 4 is 17.2 Å². The number of methoxy groups -OCH3 is 1. The van der Waals surface area contributed by atoms with E-state index in [-0.39, 0.29) is 22.8 Å². The van der Waals surface area contributed by atoms with Gasteiger partial charge in [-0.2, -0.15) is 18.3 Å². The number of hydrogen-bond acceptors (Lipinski definition) is 5. The number of aryl methyl sites for hydroxylation is 1. The van der Waals surface area contributed by atoms with Gasteiger partial charge in [0.25, 0.3) is 5.91 Å². The molecule has 1 aromatic carbocycles. The molecular weight excluding hydrogens is 401 g/mol. The second-order valence-corrected chi connectivity index (χ2v) is 6.44. The summed E-state index contributed by atoms with van der Waals surface area (Å²) in [6, 6.07) is 10.1. The molecule has 0 radical (unpaired) electrons. The number of benzene rings is 1. The number of anilines is 1. The van der Waals surface area contributed by atoms with E-state index in [2.05, 4.69) is 15.4 Å². The highest BCUT2D eigenvalue weighted by Gasteiger charge is 2.36. The minimum atomic E-state index is -4.71. The molecule has 4 aromatic rings. The van der Waals surface area contributed by atoms with Crippen molar-refractivity contribution in [1.29, 1.82) is 0 Å². The van der Waals surface area contributed by atoms with Crippen molar-refractivity contribution in [2.75, 3.05) is 12.4 Å². The molecule has 4 rings (SSSR count). The average molecular weight is 416 g/mol. The van der Waals surface area contributed by atoms with Crippen LogP contribution in [0.3, 0.4) is 0 Å². The molecule has 3 heterocycles. The van der Waals surface area contributed by atoms with Crippen LogP contribution in [0.25, 0.3) is 17.1 Å². The van der Waals surface area contributed by atoms with Gasteiger partial charge in [0, 0.05) is 11.8 Å². The summed E-state index contributed by atoms with van der Waals surface area (Å²) in [6.45, 7) is 1.76. The van der Waals surface area contributed by atoms with Gasteiger partial charge in [0.05, 0.1) is 13.4 Å². The van der Waals surface area contributed by atoms with E-state index in [0.717, 1.165) is 11.6 Å². The van der Waals surface area contributed by atoms with Crippen LogP contribution in [0.4, 0.5) is 18.9 Å². The zero-order valence-corrected chi connectivity index (χ0v) is 15.8. The molecule has 0 saturated carbocycles. The molecule has 0 bridgehead atoms. The summed E-state index contributed by atoms with van der Waals surface area (Å²) in [5.41, 5.74) is -0.220. The van der Waals surface area contributed by atoms with Crippen LogP contribution in [0.2, 0.25) is 0 Å². The highest BCUT2D eigenvalue weighted by Crippen LogP contribution is 2.32. The monoisotopic (exact) mass is 416 g/mol. The van der Waals surface area contributed by atoms with Gasteiger partial charge in [-0.3, -0.25) is 4.79 Å². The van der Waals surface area contributed by atoms with Crippen LogP contribution in [0.1, 0.15) is 21.7 Å². The first-order valence-electron chi connectivity index (χ1n) is 8.74. The number of furan rings is 1. The van der Waals surface area contributed by atoms with E-state index in [1.807, 2.05) is 0 Å². The summed E-state index contributed by atoms with van der Waals surface area (Å²) in [5.74, 6) is 0.119. The molecule has 0 aliphatic heterocycles. The van der Waals surface area contributed by atoms with Gasteiger partial charge < -0.3 is 14.5 Å². The second-order valence-electron chi connectivity index (χ2n) is 6.44. The minimum absolute atomic E-state index is 0.0160. The number of alkyl halides is 3. The molecule has 10 heteroatoms. The van der Waals surface area contributed by atoms with Crippen molar-refractivity contribution in [3.63, 3.8) is 0 Å². The average Bonchev–Trinajstić information content (AvgIpc) is 3.37. The summed E-state index contributed by atoms with van der Waals surface area (Å²) in [6.07, 6.45) is -3.38. The molecule has 7 nitrogen and oxygen atoms in total. The molecule has 0 unspecified atom stereocenters. The van der Waals surface area contributed by atoms with Crippen LogP contribution in [-0.4, -0.2) is 27.6 Å². The van der Waals surface area contributed by atoms with E-state index in [4.69, 9.17) is 9.15 Å². The molecule has 0 saturated heterocycles. The van der Waals surface area contributed by atoms with Gasteiger partial charge in [-0.15, -0.1) is 0 Å². The van der Waals surface area contributed by atoms with Gasteiger partial charge in [-0.25, -0.2) is 9.50 Å². The fourth-order valence-corrected chi connectivity index (χ4v) is 2.93. The third kappa shape index (κ3) is 3.59. The number of amides is 1. The number of hydrogen-bond donors (Lipinski definition) is 1. The van der Waals surface area contributed by atoms with Crippen molar-refractivity contribution in [2.24, 2.45) is 0 Å². The minimum Gasteiger partial charge on any atom is -0.497 e. The van der Waals surface area contributed by atoms with Crippen molar-refractivity contribution in [3.05, 3.63) is 65.7 Å². The first-order chi connectivity index (χ1) is 14.3. The number of aromatic nitrogens is 3. The Morgan fingerprint density at radius 3 is 2.63 bits per heavy atom. The highest BCUT2D eigenvalue weighted by molar-refractivity contribution is 6.04. The zero-order chi connectivity index (χ0) is 21.5. The molecule has 0 atom stereocenters. The number of nitrogens with zero attached hydrogens (tertiary/aromatic N) is 3. The van der Waals surface area contributed by atoms with Crippen LogP contribution >= 0.6 is 0 Å². The van der Waals surface area contributed by atoms with Crippen LogP contribution in [0.5, 0.6) is 5.75 Å². The Morgan fingerprint density at radius 2 is 2.00 bits per heavy atom. The Kier molecular flexibility index (Phi) is 4.69. The lowest BCUT2D eigenvalue weighted by atomic mass is 10.2. The first-order valence-corrected chi connectivity index (χ1v) is 8.74. The van der Waals surface area contributed by atoms with Crippen molar-refractivity contribution in [3.8, 4) is 17.2 Å². The van der Waals surface area contributed by atoms with E-state index < -0.39 is 17.8 Å². The van der Waals surface area contributed by atoms with E-state index in [1.165, 1.54) is 25.5 Å². The zero-order valence-electron chi connectivity index (χ0n) is 15.8. The molecule has 1 N–H and O–H groups in total. The Balaban J connectivity index is 1.74. The topological polar surface area (TPSA) is 81.7 Å². The molecule has 154 valence electrons.